The molecule has 0 saturated carbocycles. The highest BCUT2D eigenvalue weighted by molar-refractivity contribution is 5.87. The van der Waals surface area contributed by atoms with Crippen LogP contribution < -0.4 is 0 Å². The maximum atomic E-state index is 11.7. The lowest BCUT2D eigenvalue weighted by molar-refractivity contribution is -0.311. The highest BCUT2D eigenvalue weighted by Crippen LogP contribution is 2.23. The number of ether oxygens (including phenoxy) is 3. The Morgan fingerprint density at radius 2 is 1.85 bits per heavy atom. The molecule has 1 aliphatic heterocycles. The number of aromatic hydroxyl groups is 1. The van der Waals surface area contributed by atoms with Crippen LogP contribution in [0.2, 0.25) is 0 Å². The molecule has 2 rings (SSSR count). The summed E-state index contributed by atoms with van der Waals surface area (Å²) in [7, 11) is 0. The van der Waals surface area contributed by atoms with E-state index in [1.165, 1.54) is 24.3 Å². The first-order valence-electron chi connectivity index (χ1n) is 8.41. The number of aliphatic hydroxyl groups excluding tert-OH is 4. The number of esters is 1. The number of hydrogen-bond donors (Lipinski definition) is 5. The predicted octanol–water partition coefficient (Wildman–Crippen LogP) is -0.846. The Hall–Kier alpha value is -2.01. The van der Waals surface area contributed by atoms with Crippen molar-refractivity contribution in [2.75, 3.05) is 13.2 Å². The minimum absolute atomic E-state index is 0.119. The first-order chi connectivity index (χ1) is 12.8. The summed E-state index contributed by atoms with van der Waals surface area (Å²) in [5.74, 6) is -0.499. The fourth-order valence-corrected chi connectivity index (χ4v) is 2.45. The van der Waals surface area contributed by atoms with Gasteiger partial charge in [-0.25, -0.2) is 4.79 Å². The largest absolute Gasteiger partial charge is 0.508 e. The molecule has 0 bridgehead atoms. The Bertz CT molecular complexity index is 628. The van der Waals surface area contributed by atoms with Gasteiger partial charge < -0.3 is 39.7 Å². The van der Waals surface area contributed by atoms with Crippen LogP contribution >= 0.6 is 0 Å². The molecule has 0 amide bonds. The molecule has 0 radical (unpaired) electrons. The van der Waals surface area contributed by atoms with Crippen molar-refractivity contribution in [3.05, 3.63) is 35.9 Å². The molecule has 1 saturated heterocycles. The second-order valence-corrected chi connectivity index (χ2v) is 6.20. The molecule has 27 heavy (non-hydrogen) atoms. The van der Waals surface area contributed by atoms with Crippen LogP contribution in [0.5, 0.6) is 5.75 Å². The van der Waals surface area contributed by atoms with E-state index in [1.54, 1.807) is 19.1 Å². The quantitative estimate of drug-likeness (QED) is 0.300. The van der Waals surface area contributed by atoms with E-state index in [1.807, 2.05) is 0 Å². The van der Waals surface area contributed by atoms with Gasteiger partial charge in [-0.15, -0.1) is 0 Å². The van der Waals surface area contributed by atoms with Crippen molar-refractivity contribution in [3.8, 4) is 5.75 Å². The van der Waals surface area contributed by atoms with Gasteiger partial charge in [0.05, 0.1) is 12.7 Å². The first-order valence-corrected chi connectivity index (χ1v) is 8.41. The summed E-state index contributed by atoms with van der Waals surface area (Å²) in [5.41, 5.74) is 0.704. The third kappa shape index (κ3) is 5.99. The Morgan fingerprint density at radius 1 is 1.19 bits per heavy atom. The van der Waals surface area contributed by atoms with Crippen LogP contribution in [0.1, 0.15) is 12.5 Å². The molecule has 0 unspecified atom stereocenters. The van der Waals surface area contributed by atoms with E-state index in [0.717, 1.165) is 0 Å². The van der Waals surface area contributed by atoms with Crippen LogP contribution in [-0.4, -0.2) is 81.5 Å². The third-order valence-corrected chi connectivity index (χ3v) is 3.98. The number of aliphatic hydroxyl groups is 4. The summed E-state index contributed by atoms with van der Waals surface area (Å²) in [6.45, 7) is 0.864. The third-order valence-electron chi connectivity index (χ3n) is 3.98. The fourth-order valence-electron chi connectivity index (χ4n) is 2.45. The van der Waals surface area contributed by atoms with Crippen LogP contribution in [0.4, 0.5) is 0 Å². The van der Waals surface area contributed by atoms with Gasteiger partial charge in [-0.1, -0.05) is 12.1 Å². The van der Waals surface area contributed by atoms with Gasteiger partial charge in [0.25, 0.3) is 0 Å². The van der Waals surface area contributed by atoms with Gasteiger partial charge in [0.15, 0.2) is 6.29 Å². The molecule has 5 N–H and O–H groups in total. The maximum Gasteiger partial charge on any atom is 0.330 e. The molecular weight excluding hydrogens is 360 g/mol. The summed E-state index contributed by atoms with van der Waals surface area (Å²) < 4.78 is 15.6. The minimum atomic E-state index is -1.54. The van der Waals surface area contributed by atoms with Crippen molar-refractivity contribution in [1.82, 2.24) is 0 Å². The Morgan fingerprint density at radius 3 is 2.48 bits per heavy atom. The Balaban J connectivity index is 1.80. The Kier molecular flexibility index (Phi) is 7.72. The van der Waals surface area contributed by atoms with Crippen molar-refractivity contribution in [2.24, 2.45) is 0 Å². The second kappa shape index (κ2) is 9.79. The molecule has 1 aliphatic rings. The number of phenols is 1. The average Bonchev–Trinajstić information content (AvgIpc) is 2.66. The van der Waals surface area contributed by atoms with Crippen molar-refractivity contribution in [2.45, 2.75) is 43.7 Å². The molecule has 9 nitrogen and oxygen atoms in total. The van der Waals surface area contributed by atoms with Crippen LogP contribution in [0.25, 0.3) is 6.08 Å². The van der Waals surface area contributed by atoms with Gasteiger partial charge in [0, 0.05) is 6.08 Å². The molecule has 9 heteroatoms. The first kappa shape index (κ1) is 21.3. The van der Waals surface area contributed by atoms with Gasteiger partial charge >= 0.3 is 5.97 Å². The van der Waals surface area contributed by atoms with E-state index < -0.39 is 49.4 Å². The van der Waals surface area contributed by atoms with Crippen molar-refractivity contribution in [1.29, 1.82) is 0 Å². The van der Waals surface area contributed by atoms with Gasteiger partial charge in [0.1, 0.15) is 36.8 Å². The molecule has 1 aromatic rings. The zero-order valence-corrected chi connectivity index (χ0v) is 14.7. The second-order valence-electron chi connectivity index (χ2n) is 6.20. The summed E-state index contributed by atoms with van der Waals surface area (Å²) in [4.78, 5) is 11.7. The van der Waals surface area contributed by atoms with E-state index in [2.05, 4.69) is 0 Å². The van der Waals surface area contributed by atoms with Crippen molar-refractivity contribution >= 4 is 12.0 Å². The lowest BCUT2D eigenvalue weighted by Gasteiger charge is -2.40. The van der Waals surface area contributed by atoms with Crippen molar-refractivity contribution in [3.63, 3.8) is 0 Å². The van der Waals surface area contributed by atoms with Crippen molar-refractivity contribution < 1.29 is 44.5 Å². The normalized spacial score (nSPS) is 29.6. The molecule has 1 heterocycles. The maximum absolute atomic E-state index is 11.7. The monoisotopic (exact) mass is 384 g/mol. The SMILES string of the molecule is C[C@@H](COC(=O)/C=C/c1ccc(O)cc1)O[C@@H]1O[C@H](CO)[C@@H](O)[C@H](O)[C@H]1O. The van der Waals surface area contributed by atoms with Gasteiger partial charge in [-0.05, 0) is 30.7 Å². The van der Waals surface area contributed by atoms with E-state index in [4.69, 9.17) is 19.3 Å². The summed E-state index contributed by atoms with van der Waals surface area (Å²) in [6.07, 6.45) is -4.84. The lowest BCUT2D eigenvalue weighted by Crippen LogP contribution is -2.59. The number of phenolic OH excluding ortho intramolecular Hbond substituents is 1. The lowest BCUT2D eigenvalue weighted by atomic mass is 9.99. The summed E-state index contributed by atoms with van der Waals surface area (Å²) in [5, 5.41) is 47.7. The highest BCUT2D eigenvalue weighted by atomic mass is 16.7. The van der Waals surface area contributed by atoms with Crippen LogP contribution in [0.3, 0.4) is 0 Å². The molecule has 0 aliphatic carbocycles. The van der Waals surface area contributed by atoms with E-state index in [9.17, 15) is 25.2 Å². The summed E-state index contributed by atoms with van der Waals surface area (Å²) >= 11 is 0. The van der Waals surface area contributed by atoms with Gasteiger partial charge in [0.2, 0.25) is 0 Å². The molecule has 1 fully saturated rings. The topological polar surface area (TPSA) is 146 Å². The molecule has 1 aromatic carbocycles. The smallest absolute Gasteiger partial charge is 0.330 e. The Labute approximate surface area is 156 Å². The van der Waals surface area contributed by atoms with Crippen LogP contribution in [0, 0.1) is 0 Å². The van der Waals surface area contributed by atoms with Gasteiger partial charge in [-0.3, -0.25) is 0 Å². The van der Waals surface area contributed by atoms with E-state index in [-0.39, 0.29) is 12.4 Å². The van der Waals surface area contributed by atoms with E-state index >= 15 is 0 Å². The molecule has 150 valence electrons. The molecule has 0 aromatic heterocycles. The van der Waals surface area contributed by atoms with Gasteiger partial charge in [-0.2, -0.15) is 0 Å². The standard InChI is InChI=1S/C18H24O9/c1-10(26-18-17(24)16(23)15(22)13(8-19)27-18)9-25-14(21)7-4-11-2-5-12(20)6-3-11/h2-7,10,13,15-20,22-24H,8-9H2,1H3/b7-4+/t10-,13+,15+,16-,17+,18+/m0/s1. The molecule has 0 spiro atoms. The highest BCUT2D eigenvalue weighted by Gasteiger charge is 2.44. The number of hydrogen-bond acceptors (Lipinski definition) is 9. The summed E-state index contributed by atoms with van der Waals surface area (Å²) in [6, 6.07) is 6.23. The van der Waals surface area contributed by atoms with E-state index in [0.29, 0.717) is 5.56 Å². The minimum Gasteiger partial charge on any atom is -0.508 e. The molecular formula is C18H24O9. The molecule has 6 atom stereocenters. The fraction of sp³-hybridized carbons (Fsp3) is 0.500. The predicted molar refractivity (Wildman–Crippen MR) is 92.4 cm³/mol. The number of benzene rings is 1. The van der Waals surface area contributed by atoms with Crippen LogP contribution in [-0.2, 0) is 19.0 Å². The zero-order chi connectivity index (χ0) is 20.0. The average molecular weight is 384 g/mol. The zero-order valence-electron chi connectivity index (χ0n) is 14.7. The number of carbonyl (C=O) groups excluding carboxylic acids is 1. The number of rotatable bonds is 7. The van der Waals surface area contributed by atoms with Crippen LogP contribution in [0.15, 0.2) is 30.3 Å². The number of carbonyl (C=O) groups is 1.